The fourth-order valence-electron chi connectivity index (χ4n) is 1.71. The number of aryl methyl sites for hydroxylation is 1. The average Bonchev–Trinajstić information content (AvgIpc) is 2.94. The maximum Gasteiger partial charge on any atom is 0.123 e. The van der Waals surface area contributed by atoms with Crippen molar-refractivity contribution in [2.24, 2.45) is 0 Å². The molecule has 0 fully saturated rings. The number of hydrogen-bond donors (Lipinski definition) is 1. The molecule has 114 valence electrons. The molecule has 2 rings (SSSR count). The van der Waals surface area contributed by atoms with Crippen LogP contribution in [-0.2, 0) is 17.8 Å². The first-order valence-electron chi connectivity index (χ1n) is 6.75. The summed E-state index contributed by atoms with van der Waals surface area (Å²) in [7, 11) is 1.68. The number of aromatic nitrogens is 3. The summed E-state index contributed by atoms with van der Waals surface area (Å²) in [6.07, 6.45) is 1.94. The Morgan fingerprint density at radius 1 is 1.33 bits per heavy atom. The summed E-state index contributed by atoms with van der Waals surface area (Å²) in [6.45, 7) is 2.94. The van der Waals surface area contributed by atoms with Gasteiger partial charge in [0, 0.05) is 37.0 Å². The van der Waals surface area contributed by atoms with E-state index in [2.05, 4.69) is 15.6 Å². The van der Waals surface area contributed by atoms with Crippen LogP contribution in [0.3, 0.4) is 0 Å². The van der Waals surface area contributed by atoms with Crippen LogP contribution in [0.5, 0.6) is 0 Å². The summed E-state index contributed by atoms with van der Waals surface area (Å²) in [6, 6.07) is 6.52. The summed E-state index contributed by atoms with van der Waals surface area (Å²) >= 11 is 1.67. The number of ether oxygens (including phenoxy) is 1. The molecule has 1 aromatic carbocycles. The van der Waals surface area contributed by atoms with Crippen LogP contribution in [0.1, 0.15) is 5.69 Å². The molecule has 0 aliphatic rings. The van der Waals surface area contributed by atoms with Gasteiger partial charge in [-0.1, -0.05) is 5.21 Å². The van der Waals surface area contributed by atoms with Gasteiger partial charge in [0.25, 0.3) is 0 Å². The van der Waals surface area contributed by atoms with Crippen molar-refractivity contribution in [3.8, 4) is 0 Å². The van der Waals surface area contributed by atoms with Gasteiger partial charge in [0.05, 0.1) is 18.8 Å². The summed E-state index contributed by atoms with van der Waals surface area (Å²) < 4.78 is 19.6. The number of benzene rings is 1. The Labute approximate surface area is 127 Å². The maximum absolute atomic E-state index is 12.8. The molecule has 0 bridgehead atoms. The molecule has 0 atom stereocenters. The van der Waals surface area contributed by atoms with E-state index in [4.69, 9.17) is 4.74 Å². The van der Waals surface area contributed by atoms with E-state index in [1.165, 1.54) is 12.1 Å². The molecule has 2 aromatic rings. The zero-order chi connectivity index (χ0) is 14.9. The van der Waals surface area contributed by atoms with Gasteiger partial charge in [-0.3, -0.25) is 4.68 Å². The Morgan fingerprint density at radius 2 is 2.14 bits per heavy atom. The van der Waals surface area contributed by atoms with Crippen molar-refractivity contribution in [1.29, 1.82) is 0 Å². The van der Waals surface area contributed by atoms with Crippen LogP contribution in [0, 0.1) is 5.82 Å². The highest BCUT2D eigenvalue weighted by Crippen LogP contribution is 2.18. The Morgan fingerprint density at radius 3 is 2.90 bits per heavy atom. The van der Waals surface area contributed by atoms with Crippen LogP contribution < -0.4 is 5.32 Å². The monoisotopic (exact) mass is 310 g/mol. The van der Waals surface area contributed by atoms with Gasteiger partial charge < -0.3 is 10.1 Å². The first-order chi connectivity index (χ1) is 10.3. The Balaban J connectivity index is 1.69. The molecule has 0 aliphatic carbocycles. The fourth-order valence-corrected chi connectivity index (χ4v) is 2.55. The third-order valence-electron chi connectivity index (χ3n) is 2.78. The molecule has 0 radical (unpaired) electrons. The third-order valence-corrected chi connectivity index (χ3v) is 3.77. The summed E-state index contributed by atoms with van der Waals surface area (Å²) in [4.78, 5) is 1.05. The van der Waals surface area contributed by atoms with Crippen LogP contribution in [0.25, 0.3) is 0 Å². The molecule has 21 heavy (non-hydrogen) atoms. The SMILES string of the molecule is COCCNCc1cn(CCSc2ccc(F)cc2)nn1. The van der Waals surface area contributed by atoms with Crippen LogP contribution in [0.15, 0.2) is 35.4 Å². The second-order valence-corrected chi connectivity index (χ2v) is 5.61. The Hall–Kier alpha value is -1.44. The molecule has 0 aliphatic heterocycles. The van der Waals surface area contributed by atoms with Crippen molar-refractivity contribution < 1.29 is 9.13 Å². The van der Waals surface area contributed by atoms with Crippen molar-refractivity contribution in [2.45, 2.75) is 18.0 Å². The van der Waals surface area contributed by atoms with Gasteiger partial charge in [0.1, 0.15) is 5.82 Å². The zero-order valence-electron chi connectivity index (χ0n) is 12.0. The van der Waals surface area contributed by atoms with E-state index in [1.54, 1.807) is 31.0 Å². The summed E-state index contributed by atoms with van der Waals surface area (Å²) in [5.74, 6) is 0.659. The minimum atomic E-state index is -0.207. The highest BCUT2D eigenvalue weighted by molar-refractivity contribution is 7.99. The largest absolute Gasteiger partial charge is 0.383 e. The zero-order valence-corrected chi connectivity index (χ0v) is 12.8. The van der Waals surface area contributed by atoms with Crippen LogP contribution in [0.4, 0.5) is 4.39 Å². The number of halogens is 1. The van der Waals surface area contributed by atoms with Gasteiger partial charge >= 0.3 is 0 Å². The van der Waals surface area contributed by atoms with E-state index in [0.717, 1.165) is 29.4 Å². The highest BCUT2D eigenvalue weighted by Gasteiger charge is 2.01. The van der Waals surface area contributed by atoms with E-state index in [-0.39, 0.29) is 5.82 Å². The lowest BCUT2D eigenvalue weighted by atomic mass is 10.4. The van der Waals surface area contributed by atoms with Crippen molar-refractivity contribution >= 4 is 11.8 Å². The van der Waals surface area contributed by atoms with Crippen LogP contribution >= 0.6 is 11.8 Å². The van der Waals surface area contributed by atoms with Crippen molar-refractivity contribution in [1.82, 2.24) is 20.3 Å². The number of hydrogen-bond acceptors (Lipinski definition) is 5. The molecule has 0 saturated carbocycles. The van der Waals surface area contributed by atoms with E-state index in [9.17, 15) is 4.39 Å². The predicted molar refractivity (Wildman–Crippen MR) is 80.7 cm³/mol. The van der Waals surface area contributed by atoms with Gasteiger partial charge in [-0.25, -0.2) is 4.39 Å². The maximum atomic E-state index is 12.8. The molecule has 1 N–H and O–H groups in total. The number of nitrogens with zero attached hydrogens (tertiary/aromatic N) is 3. The molecule has 0 spiro atoms. The quantitative estimate of drug-likeness (QED) is 0.567. The molecule has 1 aromatic heterocycles. The van der Waals surface area contributed by atoms with E-state index in [1.807, 2.05) is 10.9 Å². The predicted octanol–water partition coefficient (Wildman–Crippen LogP) is 1.95. The second kappa shape index (κ2) is 8.76. The standard InChI is InChI=1S/C14H19FN4OS/c1-20-8-6-16-10-13-11-19(18-17-13)7-9-21-14-4-2-12(15)3-5-14/h2-5,11,16H,6-10H2,1H3. The molecule has 1 heterocycles. The van der Waals surface area contributed by atoms with Crippen molar-refractivity contribution in [2.75, 3.05) is 26.0 Å². The van der Waals surface area contributed by atoms with Gasteiger partial charge in [-0.15, -0.1) is 16.9 Å². The molecule has 7 heteroatoms. The van der Waals surface area contributed by atoms with Gasteiger partial charge in [0.15, 0.2) is 0 Å². The molecule has 0 amide bonds. The van der Waals surface area contributed by atoms with Crippen LogP contribution in [0.2, 0.25) is 0 Å². The number of rotatable bonds is 9. The topological polar surface area (TPSA) is 52.0 Å². The van der Waals surface area contributed by atoms with Gasteiger partial charge in [0.2, 0.25) is 0 Å². The number of thioether (sulfide) groups is 1. The van der Waals surface area contributed by atoms with Crippen molar-refractivity contribution in [3.63, 3.8) is 0 Å². The lowest BCUT2D eigenvalue weighted by Crippen LogP contribution is -2.18. The second-order valence-electron chi connectivity index (χ2n) is 4.44. The Kier molecular flexibility index (Phi) is 6.65. The highest BCUT2D eigenvalue weighted by atomic mass is 32.2. The fraction of sp³-hybridized carbons (Fsp3) is 0.429. The first kappa shape index (κ1) is 15.9. The molecular weight excluding hydrogens is 291 g/mol. The minimum absolute atomic E-state index is 0.207. The summed E-state index contributed by atoms with van der Waals surface area (Å²) in [5.41, 5.74) is 0.915. The number of nitrogens with one attached hydrogen (secondary N) is 1. The van der Waals surface area contributed by atoms with Crippen LogP contribution in [-0.4, -0.2) is 41.0 Å². The molecule has 5 nitrogen and oxygen atoms in total. The number of methoxy groups -OCH3 is 1. The lowest BCUT2D eigenvalue weighted by molar-refractivity contribution is 0.199. The summed E-state index contributed by atoms with van der Waals surface area (Å²) in [5, 5.41) is 11.4. The lowest BCUT2D eigenvalue weighted by Gasteiger charge is -2.02. The van der Waals surface area contributed by atoms with E-state index >= 15 is 0 Å². The van der Waals surface area contributed by atoms with E-state index < -0.39 is 0 Å². The molecule has 0 saturated heterocycles. The van der Waals surface area contributed by atoms with E-state index in [0.29, 0.717) is 13.2 Å². The molecular formula is C14H19FN4OS. The first-order valence-corrected chi connectivity index (χ1v) is 7.73. The van der Waals surface area contributed by atoms with Crippen molar-refractivity contribution in [3.05, 3.63) is 42.0 Å². The third kappa shape index (κ3) is 5.82. The smallest absolute Gasteiger partial charge is 0.123 e. The Bertz CT molecular complexity index is 532. The van der Waals surface area contributed by atoms with Gasteiger partial charge in [-0.2, -0.15) is 0 Å². The normalized spacial score (nSPS) is 11.0. The molecule has 0 unspecified atom stereocenters. The average molecular weight is 310 g/mol. The minimum Gasteiger partial charge on any atom is -0.383 e. The van der Waals surface area contributed by atoms with Gasteiger partial charge in [-0.05, 0) is 24.3 Å².